The molecule has 0 aromatic carbocycles. The van der Waals surface area contributed by atoms with Gasteiger partial charge in [0, 0.05) is 25.7 Å². The third-order valence-corrected chi connectivity index (χ3v) is 4.94. The maximum Gasteiger partial charge on any atom is 0.234 e. The van der Waals surface area contributed by atoms with Gasteiger partial charge in [0.2, 0.25) is 11.6 Å². The van der Waals surface area contributed by atoms with Gasteiger partial charge in [0.15, 0.2) is 0 Å². The van der Waals surface area contributed by atoms with E-state index < -0.39 is 11.6 Å². The summed E-state index contributed by atoms with van der Waals surface area (Å²) in [5.74, 6) is 0.917. The van der Waals surface area contributed by atoms with Crippen LogP contribution in [0.15, 0.2) is 0 Å². The normalized spacial score (nSPS) is 53.4. The molecule has 0 aromatic rings. The Labute approximate surface area is 122 Å². The highest BCUT2D eigenvalue weighted by atomic mass is 17.4. The molecule has 0 unspecified atom stereocenters. The van der Waals surface area contributed by atoms with Crippen molar-refractivity contribution < 1.29 is 19.6 Å². The highest BCUT2D eigenvalue weighted by molar-refractivity contribution is 4.85. The SMILES string of the molecule is C[C@@H]1C[C@@H](C)CC2(C1)OOC1(C[C@H](C)C[C@@H](C)C1)OO2. The molecule has 0 amide bonds. The third-order valence-electron chi connectivity index (χ3n) is 4.94. The molecule has 3 fully saturated rings. The zero-order valence-corrected chi connectivity index (χ0v) is 13.2. The average molecular weight is 284 g/mol. The summed E-state index contributed by atoms with van der Waals surface area (Å²) in [4.78, 5) is 23.2. The van der Waals surface area contributed by atoms with Crippen molar-refractivity contribution in [2.75, 3.05) is 0 Å². The van der Waals surface area contributed by atoms with Crippen molar-refractivity contribution in [1.82, 2.24) is 0 Å². The van der Waals surface area contributed by atoms with Crippen LogP contribution in [0, 0.1) is 23.7 Å². The van der Waals surface area contributed by atoms with Crippen LogP contribution in [0.1, 0.15) is 66.2 Å². The van der Waals surface area contributed by atoms with Gasteiger partial charge in [0.25, 0.3) is 0 Å². The van der Waals surface area contributed by atoms with Gasteiger partial charge in [0.1, 0.15) is 0 Å². The molecule has 2 saturated carbocycles. The van der Waals surface area contributed by atoms with Gasteiger partial charge in [-0.15, -0.1) is 0 Å². The second-order valence-corrected chi connectivity index (χ2v) is 7.86. The minimum atomic E-state index is -0.688. The van der Waals surface area contributed by atoms with E-state index in [1.165, 1.54) is 12.8 Å². The van der Waals surface area contributed by atoms with Crippen LogP contribution in [0.25, 0.3) is 0 Å². The van der Waals surface area contributed by atoms with Gasteiger partial charge in [0.05, 0.1) is 0 Å². The van der Waals surface area contributed by atoms with Gasteiger partial charge in [-0.1, -0.05) is 27.7 Å². The summed E-state index contributed by atoms with van der Waals surface area (Å²) in [7, 11) is 0. The zero-order valence-electron chi connectivity index (χ0n) is 13.2. The fraction of sp³-hybridized carbons (Fsp3) is 1.00. The van der Waals surface area contributed by atoms with Gasteiger partial charge in [-0.3, -0.25) is 0 Å². The standard InChI is InChI=1S/C16H28O4/c1-11-5-12(2)8-15(7-11)17-19-16(20-18-15)9-13(3)6-14(4)10-16/h11-14H,5-10H2,1-4H3/t11-,12-,13-,14-/m1/s1. The Balaban J connectivity index is 1.66. The van der Waals surface area contributed by atoms with Crippen molar-refractivity contribution in [1.29, 1.82) is 0 Å². The van der Waals surface area contributed by atoms with Crippen molar-refractivity contribution in [3.8, 4) is 0 Å². The predicted molar refractivity (Wildman–Crippen MR) is 74.2 cm³/mol. The Hall–Kier alpha value is -0.160. The molecule has 4 atom stereocenters. The third kappa shape index (κ3) is 2.89. The van der Waals surface area contributed by atoms with Gasteiger partial charge in [-0.05, 0) is 36.5 Å². The molecule has 2 aliphatic carbocycles. The Morgan fingerprint density at radius 3 is 1.05 bits per heavy atom. The summed E-state index contributed by atoms with van der Waals surface area (Å²) in [6, 6.07) is 0. The van der Waals surface area contributed by atoms with E-state index in [2.05, 4.69) is 27.7 Å². The lowest BCUT2D eigenvalue weighted by Crippen LogP contribution is -2.55. The Morgan fingerprint density at radius 2 is 0.800 bits per heavy atom. The zero-order chi connectivity index (χ0) is 14.4. The molecule has 3 rings (SSSR count). The largest absolute Gasteiger partial charge is 0.234 e. The van der Waals surface area contributed by atoms with Crippen molar-refractivity contribution in [2.24, 2.45) is 23.7 Å². The highest BCUT2D eigenvalue weighted by Crippen LogP contribution is 2.48. The summed E-state index contributed by atoms with van der Waals surface area (Å²) in [6.07, 6.45) is 5.81. The van der Waals surface area contributed by atoms with Crippen LogP contribution in [0.4, 0.5) is 0 Å². The topological polar surface area (TPSA) is 36.9 Å². The monoisotopic (exact) mass is 284 g/mol. The van der Waals surface area contributed by atoms with E-state index in [-0.39, 0.29) is 0 Å². The fourth-order valence-corrected chi connectivity index (χ4v) is 4.60. The van der Waals surface area contributed by atoms with E-state index in [4.69, 9.17) is 19.6 Å². The lowest BCUT2D eigenvalue weighted by molar-refractivity contribution is -0.666. The van der Waals surface area contributed by atoms with Crippen LogP contribution < -0.4 is 0 Å². The van der Waals surface area contributed by atoms with E-state index in [9.17, 15) is 0 Å². The van der Waals surface area contributed by atoms with Crippen LogP contribution >= 0.6 is 0 Å². The minimum Gasteiger partial charge on any atom is -0.195 e. The predicted octanol–water partition coefficient (Wildman–Crippen LogP) is 4.20. The Morgan fingerprint density at radius 1 is 0.550 bits per heavy atom. The maximum atomic E-state index is 5.79. The van der Waals surface area contributed by atoms with Crippen LogP contribution in [-0.2, 0) is 19.6 Å². The fourth-order valence-electron chi connectivity index (χ4n) is 4.60. The first-order chi connectivity index (χ1) is 9.40. The molecule has 0 radical (unpaired) electrons. The van der Waals surface area contributed by atoms with Crippen molar-refractivity contribution in [3.63, 3.8) is 0 Å². The molecule has 1 aliphatic heterocycles. The maximum absolute atomic E-state index is 5.79. The van der Waals surface area contributed by atoms with Gasteiger partial charge in [-0.25, -0.2) is 0 Å². The summed E-state index contributed by atoms with van der Waals surface area (Å²) in [5, 5.41) is 0. The summed E-state index contributed by atoms with van der Waals surface area (Å²) >= 11 is 0. The van der Waals surface area contributed by atoms with Gasteiger partial charge in [-0.2, -0.15) is 19.6 Å². The molecule has 0 bridgehead atoms. The van der Waals surface area contributed by atoms with E-state index in [1.807, 2.05) is 0 Å². The number of rotatable bonds is 0. The van der Waals surface area contributed by atoms with Crippen molar-refractivity contribution in [2.45, 2.75) is 77.8 Å². The molecule has 116 valence electrons. The van der Waals surface area contributed by atoms with E-state index in [1.54, 1.807) is 0 Å². The molecule has 3 aliphatic rings. The molecular formula is C16H28O4. The first-order valence-corrected chi connectivity index (χ1v) is 8.14. The molecule has 0 aromatic heterocycles. The first kappa shape index (κ1) is 14.8. The quantitative estimate of drug-likeness (QED) is 0.625. The average Bonchev–Trinajstić information content (AvgIpc) is 2.31. The van der Waals surface area contributed by atoms with Crippen LogP contribution in [-0.4, -0.2) is 11.6 Å². The van der Waals surface area contributed by atoms with E-state index in [0.717, 1.165) is 25.7 Å². The van der Waals surface area contributed by atoms with Crippen LogP contribution in [0.2, 0.25) is 0 Å². The summed E-state index contributed by atoms with van der Waals surface area (Å²) < 4.78 is 0. The minimum absolute atomic E-state index is 0.573. The Bertz CT molecular complexity index is 290. The van der Waals surface area contributed by atoms with E-state index >= 15 is 0 Å². The lowest BCUT2D eigenvalue weighted by Gasteiger charge is -2.49. The molecule has 0 N–H and O–H groups in total. The molecule has 20 heavy (non-hydrogen) atoms. The van der Waals surface area contributed by atoms with Crippen molar-refractivity contribution >= 4 is 0 Å². The summed E-state index contributed by atoms with van der Waals surface area (Å²) in [5.41, 5.74) is 0. The highest BCUT2D eigenvalue weighted by Gasteiger charge is 2.53. The number of hydrogen-bond acceptors (Lipinski definition) is 4. The van der Waals surface area contributed by atoms with E-state index in [0.29, 0.717) is 23.7 Å². The summed E-state index contributed by atoms with van der Waals surface area (Å²) in [6.45, 7) is 8.94. The number of hydrogen-bond donors (Lipinski definition) is 0. The molecule has 4 heteroatoms. The molecule has 1 heterocycles. The van der Waals surface area contributed by atoms with Crippen molar-refractivity contribution in [3.05, 3.63) is 0 Å². The van der Waals surface area contributed by atoms with Crippen LogP contribution in [0.5, 0.6) is 0 Å². The first-order valence-electron chi connectivity index (χ1n) is 8.14. The lowest BCUT2D eigenvalue weighted by atomic mass is 9.79. The molecule has 2 spiro atoms. The van der Waals surface area contributed by atoms with Crippen LogP contribution in [0.3, 0.4) is 0 Å². The Kier molecular flexibility index (Phi) is 3.87. The van der Waals surface area contributed by atoms with Gasteiger partial charge >= 0.3 is 0 Å². The molecule has 4 nitrogen and oxygen atoms in total. The second-order valence-electron chi connectivity index (χ2n) is 7.86. The smallest absolute Gasteiger partial charge is 0.195 e. The molecule has 1 saturated heterocycles. The van der Waals surface area contributed by atoms with Gasteiger partial charge < -0.3 is 0 Å². The second kappa shape index (κ2) is 5.24. The molecular weight excluding hydrogens is 256 g/mol.